The van der Waals surface area contributed by atoms with Crippen molar-refractivity contribution in [2.45, 2.75) is 52.4 Å². The van der Waals surface area contributed by atoms with Gasteiger partial charge in [-0.25, -0.2) is 13.4 Å². The molecule has 2 amide bonds. The molecule has 2 aromatic rings. The molecular weight excluding hydrogens is 454 g/mol. The molecule has 1 aliphatic heterocycles. The topological polar surface area (TPSA) is 95.3 Å². The molecule has 10 heteroatoms. The molecule has 0 aromatic carbocycles. The molecule has 0 atom stereocenters. The molecule has 0 unspecified atom stereocenters. The number of hydrogen-bond acceptors (Lipinski definition) is 5. The van der Waals surface area contributed by atoms with Gasteiger partial charge in [-0.2, -0.15) is 4.31 Å². The quantitative estimate of drug-likeness (QED) is 0.621. The van der Waals surface area contributed by atoms with Gasteiger partial charge in [-0.3, -0.25) is 18.9 Å². The predicted octanol–water partition coefficient (Wildman–Crippen LogP) is 2.55. The second-order valence-corrected chi connectivity index (χ2v) is 11.5. The van der Waals surface area contributed by atoms with Gasteiger partial charge < -0.3 is 4.90 Å². The minimum atomic E-state index is -3.25. The molecule has 1 saturated heterocycles. The van der Waals surface area contributed by atoms with Gasteiger partial charge in [-0.1, -0.05) is 26.2 Å². The van der Waals surface area contributed by atoms with Crippen LogP contribution in [-0.2, 0) is 21.2 Å². The Labute approximate surface area is 201 Å². The van der Waals surface area contributed by atoms with E-state index in [0.29, 0.717) is 43.8 Å². The first-order chi connectivity index (χ1) is 16.3. The van der Waals surface area contributed by atoms with Crippen LogP contribution in [0.15, 0.2) is 18.3 Å². The number of hydrogen-bond donors (Lipinski definition) is 0. The van der Waals surface area contributed by atoms with E-state index in [9.17, 15) is 18.0 Å². The van der Waals surface area contributed by atoms with Crippen LogP contribution < -0.4 is 4.90 Å². The molecule has 4 rings (SSSR count). The molecule has 2 fully saturated rings. The van der Waals surface area contributed by atoms with Crippen LogP contribution in [0.3, 0.4) is 0 Å². The Kier molecular flexibility index (Phi) is 7.28. The molecule has 1 saturated carbocycles. The third-order valence-corrected chi connectivity index (χ3v) is 9.01. The van der Waals surface area contributed by atoms with Gasteiger partial charge >= 0.3 is 0 Å². The second kappa shape index (κ2) is 10.0. The number of sulfonamides is 1. The summed E-state index contributed by atoms with van der Waals surface area (Å²) in [5.41, 5.74) is 2.03. The van der Waals surface area contributed by atoms with E-state index < -0.39 is 10.0 Å². The lowest BCUT2D eigenvalue weighted by Crippen LogP contribution is -2.50. The fourth-order valence-corrected chi connectivity index (χ4v) is 6.15. The van der Waals surface area contributed by atoms with Crippen LogP contribution in [-0.4, -0.2) is 77.8 Å². The minimum Gasteiger partial charge on any atom is -0.336 e. The zero-order valence-corrected chi connectivity index (χ0v) is 21.2. The van der Waals surface area contributed by atoms with Crippen LogP contribution >= 0.6 is 0 Å². The molecule has 3 heterocycles. The molecular formula is C24H35N5O4S. The van der Waals surface area contributed by atoms with E-state index in [1.807, 2.05) is 17.4 Å². The van der Waals surface area contributed by atoms with E-state index in [1.54, 1.807) is 36.0 Å². The maximum atomic E-state index is 13.3. The second-order valence-electron chi connectivity index (χ2n) is 9.21. The van der Waals surface area contributed by atoms with Gasteiger partial charge in [0, 0.05) is 45.3 Å². The Balaban J connectivity index is 1.58. The molecule has 2 aromatic heterocycles. The molecule has 1 aliphatic carbocycles. The molecule has 0 bridgehead atoms. The number of aryl methyl sites for hydroxylation is 1. The summed E-state index contributed by atoms with van der Waals surface area (Å²) < 4.78 is 27.6. The third-order valence-electron chi connectivity index (χ3n) is 7.13. The van der Waals surface area contributed by atoms with E-state index in [1.165, 1.54) is 10.7 Å². The van der Waals surface area contributed by atoms with Gasteiger partial charge in [0.25, 0.3) is 5.91 Å². The molecule has 0 N–H and O–H groups in total. The van der Waals surface area contributed by atoms with Crippen LogP contribution in [0.25, 0.3) is 5.65 Å². The maximum absolute atomic E-state index is 13.3. The first-order valence-corrected chi connectivity index (χ1v) is 13.9. The number of carbonyl (C=O) groups is 2. The molecule has 0 radical (unpaired) electrons. The van der Waals surface area contributed by atoms with Gasteiger partial charge in [0.1, 0.15) is 11.5 Å². The van der Waals surface area contributed by atoms with E-state index >= 15 is 0 Å². The Morgan fingerprint density at radius 2 is 1.74 bits per heavy atom. The zero-order chi connectivity index (χ0) is 24.5. The highest BCUT2D eigenvalue weighted by Crippen LogP contribution is 2.29. The summed E-state index contributed by atoms with van der Waals surface area (Å²) in [7, 11) is -1.44. The fourth-order valence-electron chi connectivity index (χ4n) is 5.06. The first-order valence-electron chi connectivity index (χ1n) is 12.3. The van der Waals surface area contributed by atoms with Gasteiger partial charge in [-0.15, -0.1) is 0 Å². The van der Waals surface area contributed by atoms with Crippen LogP contribution in [0, 0.1) is 5.92 Å². The van der Waals surface area contributed by atoms with Crippen LogP contribution in [0.1, 0.15) is 62.0 Å². The minimum absolute atomic E-state index is 0.0366. The summed E-state index contributed by atoms with van der Waals surface area (Å²) in [6, 6.07) is 3.57. The lowest BCUT2D eigenvalue weighted by atomic mass is 9.88. The fraction of sp³-hybridized carbons (Fsp3) is 0.625. The van der Waals surface area contributed by atoms with Crippen molar-refractivity contribution in [1.82, 2.24) is 18.6 Å². The number of amides is 2. The van der Waals surface area contributed by atoms with E-state index in [-0.39, 0.29) is 23.5 Å². The van der Waals surface area contributed by atoms with Crippen molar-refractivity contribution in [1.29, 1.82) is 0 Å². The highest BCUT2D eigenvalue weighted by Gasteiger charge is 2.30. The van der Waals surface area contributed by atoms with E-state index in [4.69, 9.17) is 4.98 Å². The molecule has 34 heavy (non-hydrogen) atoms. The van der Waals surface area contributed by atoms with Crippen molar-refractivity contribution in [2.75, 3.05) is 43.9 Å². The largest absolute Gasteiger partial charge is 0.336 e. The highest BCUT2D eigenvalue weighted by molar-refractivity contribution is 7.89. The van der Waals surface area contributed by atoms with Gasteiger partial charge in [0.05, 0.1) is 17.0 Å². The smallest absolute Gasteiger partial charge is 0.255 e. The molecule has 186 valence electrons. The summed E-state index contributed by atoms with van der Waals surface area (Å²) in [6.07, 6.45) is 7.64. The van der Waals surface area contributed by atoms with Crippen molar-refractivity contribution < 1.29 is 18.0 Å². The van der Waals surface area contributed by atoms with Crippen molar-refractivity contribution in [3.05, 3.63) is 29.6 Å². The molecule has 0 spiro atoms. The van der Waals surface area contributed by atoms with Crippen molar-refractivity contribution in [3.8, 4) is 0 Å². The SMILES string of the molecule is CCc1nc2ccc(C(=O)N3CCN(S(=O)(=O)CC)CC3)cn2c1N(C)C(=O)C1CCCCC1. The number of carbonyl (C=O) groups excluding carboxylic acids is 2. The number of rotatable bonds is 6. The Morgan fingerprint density at radius 1 is 1.06 bits per heavy atom. The average molecular weight is 490 g/mol. The number of pyridine rings is 1. The van der Waals surface area contributed by atoms with Gasteiger partial charge in [-0.05, 0) is 38.3 Å². The van der Waals surface area contributed by atoms with Crippen LogP contribution in [0.2, 0.25) is 0 Å². The summed E-state index contributed by atoms with van der Waals surface area (Å²) in [4.78, 5) is 34.6. The molecule has 2 aliphatic rings. The Morgan fingerprint density at radius 3 is 2.35 bits per heavy atom. The Hall–Kier alpha value is -2.46. The normalized spacial score (nSPS) is 18.4. The monoisotopic (exact) mass is 489 g/mol. The molecule has 9 nitrogen and oxygen atoms in total. The first kappa shape index (κ1) is 24.7. The summed E-state index contributed by atoms with van der Waals surface area (Å²) >= 11 is 0. The highest BCUT2D eigenvalue weighted by atomic mass is 32.2. The summed E-state index contributed by atoms with van der Waals surface area (Å²) in [5.74, 6) is 0.792. The van der Waals surface area contributed by atoms with Crippen molar-refractivity contribution in [3.63, 3.8) is 0 Å². The number of fused-ring (bicyclic) bond motifs is 1. The zero-order valence-electron chi connectivity index (χ0n) is 20.4. The predicted molar refractivity (Wildman–Crippen MR) is 131 cm³/mol. The van der Waals surface area contributed by atoms with E-state index in [0.717, 1.165) is 37.2 Å². The number of aromatic nitrogens is 2. The van der Waals surface area contributed by atoms with E-state index in [2.05, 4.69) is 0 Å². The number of piperazine rings is 1. The summed E-state index contributed by atoms with van der Waals surface area (Å²) in [5, 5.41) is 0. The van der Waals surface area contributed by atoms with Gasteiger partial charge in [0.2, 0.25) is 15.9 Å². The number of nitrogens with zero attached hydrogens (tertiary/aromatic N) is 5. The number of imidazole rings is 1. The lowest BCUT2D eigenvalue weighted by molar-refractivity contribution is -0.123. The Bertz CT molecular complexity index is 1160. The van der Waals surface area contributed by atoms with Crippen molar-refractivity contribution in [2.24, 2.45) is 5.92 Å². The average Bonchev–Trinajstić information content (AvgIpc) is 3.25. The van der Waals surface area contributed by atoms with Crippen LogP contribution in [0.4, 0.5) is 5.82 Å². The standard InChI is InChI=1S/C24H35N5O4S/c1-4-20-22(26(3)23(30)18-9-7-6-8-10-18)29-17-19(11-12-21(29)25-20)24(31)27-13-15-28(16-14-27)34(32,33)5-2/h11-12,17-18H,4-10,13-16H2,1-3H3. The van der Waals surface area contributed by atoms with Crippen molar-refractivity contribution >= 4 is 33.3 Å². The summed E-state index contributed by atoms with van der Waals surface area (Å²) in [6.45, 7) is 4.96. The van der Waals surface area contributed by atoms with Gasteiger partial charge in [0.15, 0.2) is 0 Å². The van der Waals surface area contributed by atoms with Crippen LogP contribution in [0.5, 0.6) is 0 Å². The lowest BCUT2D eigenvalue weighted by Gasteiger charge is -2.33. The maximum Gasteiger partial charge on any atom is 0.255 e. The number of anilines is 1. The third kappa shape index (κ3) is 4.70.